The second kappa shape index (κ2) is 19.8. The maximum atomic E-state index is 12.7. The van der Waals surface area contributed by atoms with Gasteiger partial charge < -0.3 is 74.2 Å². The Kier molecular flexibility index (Phi) is 15.5. The van der Waals surface area contributed by atoms with Crippen molar-refractivity contribution in [1.82, 2.24) is 5.32 Å². The first-order valence-corrected chi connectivity index (χ1v) is 18.5. The highest BCUT2D eigenvalue weighted by Gasteiger charge is 2.51. The quantitative estimate of drug-likeness (QED) is 0.0817. The molecule has 20 heteroatoms. The highest BCUT2D eigenvalue weighted by atomic mass is 16.7. The fraction of sp³-hybridized carbons (Fsp3) is 0.771. The minimum atomic E-state index is -1.77. The summed E-state index contributed by atoms with van der Waals surface area (Å²) in [6.07, 6.45) is -16.1. The molecule has 1 aromatic carbocycles. The Hall–Kier alpha value is -3.12. The van der Waals surface area contributed by atoms with Crippen molar-refractivity contribution >= 4 is 17.7 Å². The Labute approximate surface area is 316 Å². The average Bonchev–Trinajstić information content (AvgIpc) is 3.17. The lowest BCUT2D eigenvalue weighted by molar-refractivity contribution is -0.384. The summed E-state index contributed by atoms with van der Waals surface area (Å²) < 4.78 is 40.7. The van der Waals surface area contributed by atoms with E-state index in [1.165, 1.54) is 31.2 Å². The lowest BCUT2D eigenvalue weighted by atomic mass is 9.85. The predicted octanol–water partition coefficient (Wildman–Crippen LogP) is -0.544. The number of rotatable bonds is 15. The molecule has 1 unspecified atom stereocenters. The third-order valence-corrected chi connectivity index (χ3v) is 10.5. The number of ether oxygens (including phenoxy) is 7. The normalized spacial score (nSPS) is 36.5. The number of aliphatic carboxylic acids is 1. The Bertz CT molecular complexity index is 1400. The van der Waals surface area contributed by atoms with Gasteiger partial charge in [0, 0.05) is 25.3 Å². The SMILES string of the molecule is C[C@@H]1O[C@@H](O[C@H]2C(O[C@@H]3O[C@H](CO)[C@H](O)[C@H](O[C@@H](CC4CCCCC4)C(=O)O)[C@H]3O)CCO[C@@H]2CNC(=O)OCc2ccc([N+](=O)[O-])cc2)[C@@H](O)[C@H](O)[C@@H]1O. The van der Waals surface area contributed by atoms with Gasteiger partial charge in [0.2, 0.25) is 0 Å². The molecule has 1 saturated carbocycles. The molecule has 5 rings (SSSR count). The molecule has 1 amide bonds. The van der Waals surface area contributed by atoms with Crippen LogP contribution < -0.4 is 5.32 Å². The van der Waals surface area contributed by atoms with Gasteiger partial charge in [-0.05, 0) is 43.4 Å². The van der Waals surface area contributed by atoms with Crippen molar-refractivity contribution in [3.05, 3.63) is 39.9 Å². The van der Waals surface area contributed by atoms with Gasteiger partial charge in [-0.15, -0.1) is 0 Å². The molecular formula is C35H52N2O18. The number of carboxylic acid groups (broad SMARTS) is 1. The van der Waals surface area contributed by atoms with E-state index in [0.29, 0.717) is 5.56 Å². The van der Waals surface area contributed by atoms with Crippen LogP contribution in [0.2, 0.25) is 0 Å². The number of carbonyl (C=O) groups excluding carboxylic acids is 1. The zero-order valence-corrected chi connectivity index (χ0v) is 30.3. The summed E-state index contributed by atoms with van der Waals surface area (Å²) in [5, 5.41) is 87.4. The van der Waals surface area contributed by atoms with E-state index in [1.54, 1.807) is 0 Å². The zero-order chi connectivity index (χ0) is 39.8. The van der Waals surface area contributed by atoms with E-state index in [4.69, 9.17) is 33.2 Å². The molecule has 310 valence electrons. The van der Waals surface area contributed by atoms with Crippen LogP contribution in [0.1, 0.15) is 57.4 Å². The number of nitro benzene ring substituents is 1. The van der Waals surface area contributed by atoms with Gasteiger partial charge in [0.1, 0.15) is 61.5 Å². The molecule has 0 radical (unpaired) electrons. The molecule has 4 aliphatic rings. The summed E-state index contributed by atoms with van der Waals surface area (Å²) in [6, 6.07) is 5.39. The van der Waals surface area contributed by atoms with Crippen LogP contribution in [0.25, 0.3) is 0 Å². The van der Waals surface area contributed by atoms with Crippen LogP contribution in [0.15, 0.2) is 24.3 Å². The molecule has 0 bridgehead atoms. The molecule has 3 saturated heterocycles. The first-order chi connectivity index (χ1) is 26.3. The van der Waals surface area contributed by atoms with Gasteiger partial charge in [-0.3, -0.25) is 10.1 Å². The Morgan fingerprint density at radius 3 is 2.24 bits per heavy atom. The minimum absolute atomic E-state index is 0.0117. The number of hydrogen-bond donors (Lipinski definition) is 8. The number of amides is 1. The monoisotopic (exact) mass is 788 g/mol. The summed E-state index contributed by atoms with van der Waals surface area (Å²) >= 11 is 0. The minimum Gasteiger partial charge on any atom is -0.479 e. The molecule has 4 fully saturated rings. The van der Waals surface area contributed by atoms with Gasteiger partial charge in [0.25, 0.3) is 5.69 Å². The Morgan fingerprint density at radius 2 is 1.58 bits per heavy atom. The number of carbonyl (C=O) groups is 2. The number of carboxylic acids is 1. The van der Waals surface area contributed by atoms with E-state index in [1.807, 2.05) is 0 Å². The third kappa shape index (κ3) is 11.1. The molecule has 20 nitrogen and oxygen atoms in total. The van der Waals surface area contributed by atoms with Crippen molar-refractivity contribution in [2.75, 3.05) is 19.8 Å². The van der Waals surface area contributed by atoms with Gasteiger partial charge in [0.05, 0.1) is 23.7 Å². The summed E-state index contributed by atoms with van der Waals surface area (Å²) in [4.78, 5) is 35.3. The summed E-state index contributed by atoms with van der Waals surface area (Å²) in [7, 11) is 0. The summed E-state index contributed by atoms with van der Waals surface area (Å²) in [5.74, 6) is -1.20. The van der Waals surface area contributed by atoms with Gasteiger partial charge >= 0.3 is 12.1 Å². The van der Waals surface area contributed by atoms with E-state index < -0.39 is 109 Å². The fourth-order valence-electron chi connectivity index (χ4n) is 7.34. The van der Waals surface area contributed by atoms with E-state index in [0.717, 1.165) is 32.1 Å². The number of aliphatic hydroxyl groups excluding tert-OH is 6. The fourth-order valence-corrected chi connectivity index (χ4v) is 7.34. The van der Waals surface area contributed by atoms with Crippen LogP contribution in [0.5, 0.6) is 0 Å². The number of alkyl carbamates (subject to hydrolysis) is 1. The number of nitrogens with zero attached hydrogens (tertiary/aromatic N) is 1. The van der Waals surface area contributed by atoms with Crippen molar-refractivity contribution in [2.45, 2.75) is 144 Å². The number of non-ortho nitro benzene ring substituents is 1. The van der Waals surface area contributed by atoms with E-state index in [-0.39, 0.29) is 44.2 Å². The number of hydrogen-bond acceptors (Lipinski definition) is 17. The molecule has 1 aromatic rings. The van der Waals surface area contributed by atoms with Crippen LogP contribution in [0, 0.1) is 16.0 Å². The van der Waals surface area contributed by atoms with Gasteiger partial charge in [-0.25, -0.2) is 9.59 Å². The largest absolute Gasteiger partial charge is 0.479 e. The molecule has 1 aliphatic carbocycles. The Morgan fingerprint density at radius 1 is 0.891 bits per heavy atom. The van der Waals surface area contributed by atoms with Gasteiger partial charge in [0.15, 0.2) is 18.7 Å². The topological polar surface area (TPSA) is 296 Å². The second-order valence-corrected chi connectivity index (χ2v) is 14.4. The van der Waals surface area contributed by atoms with Gasteiger partial charge in [-0.1, -0.05) is 32.1 Å². The smallest absolute Gasteiger partial charge is 0.407 e. The second-order valence-electron chi connectivity index (χ2n) is 14.4. The van der Waals surface area contributed by atoms with Crippen molar-refractivity contribution in [3.63, 3.8) is 0 Å². The van der Waals surface area contributed by atoms with E-state index >= 15 is 0 Å². The molecule has 3 heterocycles. The highest BCUT2D eigenvalue weighted by molar-refractivity contribution is 5.72. The zero-order valence-electron chi connectivity index (χ0n) is 30.3. The van der Waals surface area contributed by atoms with Crippen molar-refractivity contribution in [3.8, 4) is 0 Å². The van der Waals surface area contributed by atoms with E-state index in [9.17, 15) is 55.4 Å². The first-order valence-electron chi connectivity index (χ1n) is 18.5. The number of nitrogens with one attached hydrogen (secondary N) is 1. The molecule has 14 atom stereocenters. The number of nitro groups is 1. The van der Waals surface area contributed by atoms with Crippen LogP contribution in [-0.4, -0.2) is 158 Å². The lowest BCUT2D eigenvalue weighted by Crippen LogP contribution is -2.64. The lowest BCUT2D eigenvalue weighted by Gasteiger charge is -2.47. The third-order valence-electron chi connectivity index (χ3n) is 10.5. The van der Waals surface area contributed by atoms with E-state index in [2.05, 4.69) is 5.32 Å². The van der Waals surface area contributed by atoms with Crippen LogP contribution >= 0.6 is 0 Å². The highest BCUT2D eigenvalue weighted by Crippen LogP contribution is 2.34. The maximum Gasteiger partial charge on any atom is 0.407 e. The molecule has 3 aliphatic heterocycles. The molecular weight excluding hydrogens is 736 g/mol. The van der Waals surface area contributed by atoms with Crippen LogP contribution in [0.4, 0.5) is 10.5 Å². The average molecular weight is 789 g/mol. The summed E-state index contributed by atoms with van der Waals surface area (Å²) in [5.41, 5.74) is 0.344. The number of aliphatic hydroxyl groups is 6. The van der Waals surface area contributed by atoms with Gasteiger partial charge in [-0.2, -0.15) is 0 Å². The van der Waals surface area contributed by atoms with Crippen LogP contribution in [-0.2, 0) is 44.6 Å². The summed E-state index contributed by atoms with van der Waals surface area (Å²) in [6.45, 7) is 0.232. The van der Waals surface area contributed by atoms with Crippen molar-refractivity contribution in [2.24, 2.45) is 5.92 Å². The molecule has 55 heavy (non-hydrogen) atoms. The van der Waals surface area contributed by atoms with Crippen LogP contribution in [0.3, 0.4) is 0 Å². The molecule has 0 aromatic heterocycles. The molecule has 0 spiro atoms. The van der Waals surface area contributed by atoms with Crippen molar-refractivity contribution in [1.29, 1.82) is 0 Å². The number of benzene rings is 1. The maximum absolute atomic E-state index is 12.7. The Balaban J connectivity index is 1.30. The standard InChI is InChI=1S/C35H52N2O18/c1-17-25(39)27(41)28(42)33(51-17)55-30-21(11-12-49-23(30)14-36-35(46)50-16-19-7-9-20(10-8-19)37(47)48)53-34-29(43)31(26(40)24(15-38)54-34)52-22(32(44)45)13-18-5-3-2-4-6-18/h7-10,17-18,21-31,33-34,38-43H,2-6,11-16H2,1H3,(H,36,46)(H,44,45)/t17-,21?,22-,23+,24+,25+,26-,27+,28-,29+,30-,31-,33-,34+/m0/s1. The molecule has 8 N–H and O–H groups in total. The van der Waals surface area contributed by atoms with Crippen molar-refractivity contribution < 1.29 is 83.4 Å². The predicted molar refractivity (Wildman–Crippen MR) is 183 cm³/mol. The first kappa shape index (κ1) is 43.0.